The Hall–Kier alpha value is -0.283. The largest absolute Gasteiger partial charge is 1.00 e. The van der Waals surface area contributed by atoms with Crippen LogP contribution < -0.4 is 24.3 Å². The Bertz CT molecular complexity index is 278. The van der Waals surface area contributed by atoms with Gasteiger partial charge in [0.25, 0.3) is 16.0 Å². The molecule has 0 radical (unpaired) electrons. The molecule has 0 bridgehead atoms. The first-order chi connectivity index (χ1) is 5.40. The van der Waals surface area contributed by atoms with E-state index in [1.807, 2.05) is 0 Å². The molecule has 1 amide bonds. The van der Waals surface area contributed by atoms with E-state index in [0.717, 1.165) is 6.08 Å². The molecule has 0 heterocycles. The van der Waals surface area contributed by atoms with Gasteiger partial charge in [-0.05, 0) is 19.9 Å². The Labute approximate surface area is 91.3 Å². The first-order valence-corrected chi connectivity index (χ1v) is 4.72. The van der Waals surface area contributed by atoms with Gasteiger partial charge in [0.05, 0.1) is 5.25 Å². The van der Waals surface area contributed by atoms with Crippen LogP contribution in [0.2, 0.25) is 0 Å². The molecule has 0 atom stereocenters. The van der Waals surface area contributed by atoms with Gasteiger partial charge in [-0.2, -0.15) is 8.42 Å². The summed E-state index contributed by atoms with van der Waals surface area (Å²) in [5.74, 6) is -0.695. The van der Waals surface area contributed by atoms with E-state index >= 15 is 0 Å². The van der Waals surface area contributed by atoms with Crippen molar-refractivity contribution in [1.82, 2.24) is 5.48 Å². The third-order valence-corrected chi connectivity index (χ3v) is 2.49. The number of rotatable bonds is 4. The molecule has 7 heteroatoms. The Morgan fingerprint density at radius 2 is 2.08 bits per heavy atom. The number of carbonyl (C=O) groups is 1. The van der Waals surface area contributed by atoms with E-state index in [0.29, 0.717) is 0 Å². The van der Waals surface area contributed by atoms with Crippen molar-refractivity contribution in [3.63, 3.8) is 0 Å². The van der Waals surface area contributed by atoms with Crippen molar-refractivity contribution >= 4 is 16.0 Å². The maximum atomic E-state index is 10.9. The van der Waals surface area contributed by atoms with Crippen LogP contribution in [0.1, 0.15) is 15.3 Å². The third kappa shape index (κ3) is 5.88. The fourth-order valence-corrected chi connectivity index (χ4v) is 0.628. The minimum absolute atomic E-state index is 0. The van der Waals surface area contributed by atoms with Crippen molar-refractivity contribution in [2.45, 2.75) is 19.1 Å². The summed E-state index contributed by atoms with van der Waals surface area (Å²) in [4.78, 5) is 10.5. The van der Waals surface area contributed by atoms with E-state index in [1.165, 1.54) is 13.8 Å². The molecule has 1 N–H and O–H groups in total. The molecule has 5 nitrogen and oxygen atoms in total. The van der Waals surface area contributed by atoms with Crippen molar-refractivity contribution in [3.05, 3.63) is 12.7 Å². The van der Waals surface area contributed by atoms with Crippen LogP contribution in [-0.4, -0.2) is 19.6 Å². The molecule has 0 saturated carbocycles. The zero-order chi connectivity index (χ0) is 9.78. The summed E-state index contributed by atoms with van der Waals surface area (Å²) in [6, 6.07) is 0. The number of hydrogen-bond acceptors (Lipinski definition) is 4. The molecule has 0 rings (SSSR count). The summed E-state index contributed by atoms with van der Waals surface area (Å²) in [6.45, 7) is 6.00. The van der Waals surface area contributed by atoms with Crippen LogP contribution in [0.15, 0.2) is 12.7 Å². The van der Waals surface area contributed by atoms with Crippen LogP contribution in [0, 0.1) is 0 Å². The molecule has 0 spiro atoms. The average molecular weight is 201 g/mol. The first-order valence-electron chi connectivity index (χ1n) is 3.25. The van der Waals surface area contributed by atoms with E-state index in [9.17, 15) is 13.2 Å². The number of hydrogen-bond donors (Lipinski definition) is 1. The van der Waals surface area contributed by atoms with E-state index in [4.69, 9.17) is 0 Å². The third-order valence-electron chi connectivity index (χ3n) is 1.02. The molecule has 0 unspecified atom stereocenters. The fourth-order valence-electron chi connectivity index (χ4n) is 0.237. The Morgan fingerprint density at radius 3 is 2.38 bits per heavy atom. The van der Waals surface area contributed by atoms with Crippen LogP contribution in [0.5, 0.6) is 0 Å². The van der Waals surface area contributed by atoms with Gasteiger partial charge in [-0.25, -0.2) is 5.48 Å². The molecule has 0 aromatic rings. The standard InChI is InChI=1S/C6H11NO4S.Li.H/c1-4-6(8)7-11-12(9,10)5(2)3;;/h4-5H,1H2,2-3H3,(H,7,8);;/q;+1;-1. The predicted molar refractivity (Wildman–Crippen MR) is 44.6 cm³/mol. The SMILES string of the molecule is C=CC(=O)NOS(=O)(=O)C(C)C.[H-].[Li+]. The molecule has 0 aliphatic rings. The second-order valence-electron chi connectivity index (χ2n) is 2.30. The summed E-state index contributed by atoms with van der Waals surface area (Å²) in [7, 11) is -3.68. The normalized spacial score (nSPS) is 10.4. The van der Waals surface area contributed by atoms with Crippen molar-refractivity contribution in [2.75, 3.05) is 0 Å². The van der Waals surface area contributed by atoms with Crippen molar-refractivity contribution in [3.8, 4) is 0 Å². The average Bonchev–Trinajstić information content (AvgIpc) is 2.00. The Kier molecular flexibility index (Phi) is 7.27. The summed E-state index contributed by atoms with van der Waals surface area (Å²) >= 11 is 0. The summed E-state index contributed by atoms with van der Waals surface area (Å²) < 4.78 is 25.9. The Balaban J connectivity index is -0.000000605. The van der Waals surface area contributed by atoms with Gasteiger partial charge in [0.1, 0.15) is 0 Å². The molecule has 0 saturated heterocycles. The fraction of sp³-hybridized carbons (Fsp3) is 0.500. The second-order valence-corrected chi connectivity index (χ2v) is 4.39. The van der Waals surface area contributed by atoms with Crippen LogP contribution in [0.3, 0.4) is 0 Å². The maximum absolute atomic E-state index is 10.9. The second kappa shape index (κ2) is 6.21. The van der Waals surface area contributed by atoms with Gasteiger partial charge in [0.15, 0.2) is 0 Å². The number of hydroxylamine groups is 1. The van der Waals surface area contributed by atoms with E-state index < -0.39 is 21.3 Å². The van der Waals surface area contributed by atoms with Crippen molar-refractivity contribution in [1.29, 1.82) is 0 Å². The molecule has 72 valence electrons. The molecular weight excluding hydrogens is 189 g/mol. The molecule has 0 aliphatic carbocycles. The van der Waals surface area contributed by atoms with Crippen LogP contribution in [0.25, 0.3) is 0 Å². The quantitative estimate of drug-likeness (QED) is 0.300. The van der Waals surface area contributed by atoms with Gasteiger partial charge in [-0.15, -0.1) is 4.28 Å². The van der Waals surface area contributed by atoms with Crippen molar-refractivity contribution < 1.29 is 37.8 Å². The van der Waals surface area contributed by atoms with E-state index in [2.05, 4.69) is 10.9 Å². The summed E-state index contributed by atoms with van der Waals surface area (Å²) in [6.07, 6.45) is 0.913. The molecule has 0 aromatic heterocycles. The summed E-state index contributed by atoms with van der Waals surface area (Å²) in [5.41, 5.74) is 1.71. The molecule has 13 heavy (non-hydrogen) atoms. The topological polar surface area (TPSA) is 72.5 Å². The van der Waals surface area contributed by atoms with E-state index in [-0.39, 0.29) is 20.3 Å². The maximum Gasteiger partial charge on any atom is 1.00 e. The zero-order valence-corrected chi connectivity index (χ0v) is 8.72. The van der Waals surface area contributed by atoms with Crippen LogP contribution >= 0.6 is 0 Å². The number of amides is 1. The van der Waals surface area contributed by atoms with Gasteiger partial charge < -0.3 is 1.43 Å². The number of nitrogens with one attached hydrogen (secondary N) is 1. The minimum Gasteiger partial charge on any atom is -1.00 e. The van der Waals surface area contributed by atoms with Gasteiger partial charge in [-0.3, -0.25) is 4.79 Å². The molecular formula is C6H12LiNO4S. The predicted octanol–water partition coefficient (Wildman–Crippen LogP) is -2.93. The zero-order valence-electron chi connectivity index (χ0n) is 8.90. The smallest absolute Gasteiger partial charge is 1.00 e. The molecule has 0 aliphatic heterocycles. The van der Waals surface area contributed by atoms with Crippen LogP contribution in [-0.2, 0) is 19.2 Å². The summed E-state index contributed by atoms with van der Waals surface area (Å²) in [5, 5.41) is -0.692. The monoisotopic (exact) mass is 201 g/mol. The van der Waals surface area contributed by atoms with Crippen molar-refractivity contribution in [2.24, 2.45) is 0 Å². The Morgan fingerprint density at radius 1 is 1.62 bits per heavy atom. The van der Waals surface area contributed by atoms with Crippen LogP contribution in [0.4, 0.5) is 0 Å². The van der Waals surface area contributed by atoms with Gasteiger partial charge in [0.2, 0.25) is 0 Å². The van der Waals surface area contributed by atoms with Gasteiger partial charge >= 0.3 is 18.9 Å². The minimum atomic E-state index is -3.68. The molecule has 0 fully saturated rings. The van der Waals surface area contributed by atoms with Gasteiger partial charge in [0, 0.05) is 0 Å². The van der Waals surface area contributed by atoms with E-state index in [1.54, 1.807) is 5.48 Å². The number of carbonyl (C=O) groups excluding carboxylic acids is 1. The molecule has 0 aromatic carbocycles. The first kappa shape index (κ1) is 15.2. The van der Waals surface area contributed by atoms with Gasteiger partial charge in [-0.1, -0.05) is 6.58 Å².